The van der Waals surface area contributed by atoms with Crippen LogP contribution in [0.25, 0.3) is 0 Å². The van der Waals surface area contributed by atoms with E-state index in [1.165, 1.54) is 4.31 Å². The van der Waals surface area contributed by atoms with Crippen LogP contribution in [-0.4, -0.2) is 53.2 Å². The van der Waals surface area contributed by atoms with E-state index in [1.807, 2.05) is 20.8 Å². The van der Waals surface area contributed by atoms with Crippen LogP contribution in [0.2, 0.25) is 0 Å². The van der Waals surface area contributed by atoms with Gasteiger partial charge in [0.05, 0.1) is 0 Å². The van der Waals surface area contributed by atoms with Crippen molar-refractivity contribution in [2.75, 3.05) is 26.2 Å². The van der Waals surface area contributed by atoms with E-state index in [9.17, 15) is 8.42 Å². The number of hydrogen-bond acceptors (Lipinski definition) is 3. The van der Waals surface area contributed by atoms with Crippen molar-refractivity contribution in [3.05, 3.63) is 17.7 Å². The van der Waals surface area contributed by atoms with Crippen molar-refractivity contribution >= 4 is 10.2 Å². The summed E-state index contributed by atoms with van der Waals surface area (Å²) in [7, 11) is -3.33. The number of H-pyrrole nitrogens is 1. The van der Waals surface area contributed by atoms with Gasteiger partial charge in [-0.05, 0) is 19.8 Å². The first kappa shape index (κ1) is 15.5. The predicted octanol–water partition coefficient (Wildman–Crippen LogP) is 1.48. The average molecular weight is 300 g/mol. The van der Waals surface area contributed by atoms with E-state index in [0.29, 0.717) is 26.2 Å². The van der Waals surface area contributed by atoms with Gasteiger partial charge in [-0.3, -0.25) is 0 Å². The summed E-state index contributed by atoms with van der Waals surface area (Å²) < 4.78 is 28.2. The van der Waals surface area contributed by atoms with Crippen LogP contribution >= 0.6 is 0 Å². The Morgan fingerprint density at radius 3 is 2.70 bits per heavy atom. The highest BCUT2D eigenvalue weighted by molar-refractivity contribution is 7.86. The second-order valence-electron chi connectivity index (χ2n) is 5.24. The Labute approximate surface area is 121 Å². The zero-order chi connectivity index (χ0) is 14.8. The predicted molar refractivity (Wildman–Crippen MR) is 78.7 cm³/mol. The summed E-state index contributed by atoms with van der Waals surface area (Å²) in [5.41, 5.74) is 1.02. The van der Waals surface area contributed by atoms with Crippen LogP contribution in [-0.2, 0) is 10.2 Å². The van der Waals surface area contributed by atoms with Crippen LogP contribution in [0.3, 0.4) is 0 Å². The Hall–Kier alpha value is -0.920. The second kappa shape index (κ2) is 6.24. The third-order valence-corrected chi connectivity index (χ3v) is 6.00. The molecule has 0 aromatic carbocycles. The van der Waals surface area contributed by atoms with Gasteiger partial charge in [-0.1, -0.05) is 13.8 Å². The maximum absolute atomic E-state index is 12.6. The maximum atomic E-state index is 12.6. The van der Waals surface area contributed by atoms with Crippen LogP contribution in [0.5, 0.6) is 0 Å². The molecule has 20 heavy (non-hydrogen) atoms. The van der Waals surface area contributed by atoms with Gasteiger partial charge in [0.25, 0.3) is 10.2 Å². The van der Waals surface area contributed by atoms with Crippen molar-refractivity contribution in [3.8, 4) is 0 Å². The van der Waals surface area contributed by atoms with E-state index in [2.05, 4.69) is 9.97 Å². The molecule has 0 aliphatic carbocycles. The van der Waals surface area contributed by atoms with E-state index < -0.39 is 10.2 Å². The minimum Gasteiger partial charge on any atom is -0.346 e. The lowest BCUT2D eigenvalue weighted by molar-refractivity contribution is 0.283. The number of rotatable bonds is 5. The minimum atomic E-state index is -3.33. The first-order valence-corrected chi connectivity index (χ1v) is 8.65. The number of aromatic nitrogens is 2. The lowest BCUT2D eigenvalue weighted by Gasteiger charge is -2.34. The number of nitrogens with one attached hydrogen (secondary N) is 1. The molecule has 1 aliphatic heterocycles. The smallest absolute Gasteiger partial charge is 0.281 e. The highest BCUT2D eigenvalue weighted by atomic mass is 32.2. The van der Waals surface area contributed by atoms with Crippen LogP contribution in [0, 0.1) is 6.92 Å². The molecule has 1 aromatic rings. The first-order chi connectivity index (χ1) is 9.48. The Morgan fingerprint density at radius 1 is 1.45 bits per heavy atom. The average Bonchev–Trinajstić information content (AvgIpc) is 2.87. The molecule has 1 aliphatic rings. The number of aromatic amines is 1. The zero-order valence-electron chi connectivity index (χ0n) is 12.5. The molecule has 1 fully saturated rings. The molecule has 2 rings (SSSR count). The molecule has 0 radical (unpaired) electrons. The number of aryl methyl sites for hydroxylation is 1. The molecular weight excluding hydrogens is 276 g/mol. The molecule has 1 N–H and O–H groups in total. The van der Waals surface area contributed by atoms with Crippen molar-refractivity contribution in [1.82, 2.24) is 18.6 Å². The first-order valence-electron chi connectivity index (χ1n) is 7.25. The Balaban J connectivity index is 2.14. The Bertz CT molecular complexity index is 536. The molecule has 0 spiro atoms. The van der Waals surface area contributed by atoms with Crippen molar-refractivity contribution in [2.24, 2.45) is 0 Å². The molecular formula is C13H24N4O2S. The van der Waals surface area contributed by atoms with Crippen LogP contribution < -0.4 is 0 Å². The highest BCUT2D eigenvalue weighted by Gasteiger charge is 2.33. The fourth-order valence-electron chi connectivity index (χ4n) is 2.73. The third-order valence-electron chi connectivity index (χ3n) is 3.85. The molecule has 0 saturated carbocycles. The summed E-state index contributed by atoms with van der Waals surface area (Å²) in [6.45, 7) is 7.86. The molecule has 1 atom stereocenters. The largest absolute Gasteiger partial charge is 0.346 e. The van der Waals surface area contributed by atoms with Gasteiger partial charge in [-0.2, -0.15) is 17.0 Å². The van der Waals surface area contributed by atoms with Gasteiger partial charge in [0.1, 0.15) is 5.82 Å². The Kier molecular flexibility index (Phi) is 4.82. The van der Waals surface area contributed by atoms with Gasteiger partial charge >= 0.3 is 0 Å². The quantitative estimate of drug-likeness (QED) is 0.895. The van der Waals surface area contributed by atoms with E-state index in [0.717, 1.165) is 24.4 Å². The van der Waals surface area contributed by atoms with Gasteiger partial charge in [0, 0.05) is 44.0 Å². The summed E-state index contributed by atoms with van der Waals surface area (Å²) >= 11 is 0. The molecule has 0 bridgehead atoms. The fraction of sp³-hybridized carbons (Fsp3) is 0.769. The van der Waals surface area contributed by atoms with Crippen LogP contribution in [0.1, 0.15) is 44.1 Å². The number of imidazole rings is 1. The van der Waals surface area contributed by atoms with E-state index in [-0.39, 0.29) is 5.92 Å². The number of piperidine rings is 1. The van der Waals surface area contributed by atoms with Crippen molar-refractivity contribution < 1.29 is 8.42 Å². The van der Waals surface area contributed by atoms with Crippen molar-refractivity contribution in [2.45, 2.75) is 39.5 Å². The van der Waals surface area contributed by atoms with Gasteiger partial charge in [0.15, 0.2) is 0 Å². The lowest BCUT2D eigenvalue weighted by Crippen LogP contribution is -2.47. The monoisotopic (exact) mass is 300 g/mol. The van der Waals surface area contributed by atoms with Crippen molar-refractivity contribution in [3.63, 3.8) is 0 Å². The summed E-state index contributed by atoms with van der Waals surface area (Å²) in [4.78, 5) is 7.58. The van der Waals surface area contributed by atoms with Gasteiger partial charge in [-0.15, -0.1) is 0 Å². The topological polar surface area (TPSA) is 69.3 Å². The standard InChI is InChI=1S/C13H24N4O2S/c1-4-16(5-2)20(18,19)17-8-6-7-12(10-17)13-14-9-11(3)15-13/h9,12H,4-8,10H2,1-3H3,(H,14,15). The minimum absolute atomic E-state index is 0.169. The number of nitrogens with zero attached hydrogens (tertiary/aromatic N) is 3. The summed E-state index contributed by atoms with van der Waals surface area (Å²) in [6.07, 6.45) is 3.66. The summed E-state index contributed by atoms with van der Waals surface area (Å²) in [6, 6.07) is 0. The molecule has 7 heteroatoms. The molecule has 114 valence electrons. The van der Waals surface area contributed by atoms with E-state index in [4.69, 9.17) is 0 Å². The Morgan fingerprint density at radius 2 is 2.15 bits per heavy atom. The highest BCUT2D eigenvalue weighted by Crippen LogP contribution is 2.27. The maximum Gasteiger partial charge on any atom is 0.281 e. The molecule has 6 nitrogen and oxygen atoms in total. The van der Waals surface area contributed by atoms with Crippen LogP contribution in [0.15, 0.2) is 6.20 Å². The van der Waals surface area contributed by atoms with Crippen molar-refractivity contribution in [1.29, 1.82) is 0 Å². The third kappa shape index (κ3) is 3.05. The summed E-state index contributed by atoms with van der Waals surface area (Å²) in [5, 5.41) is 0. The number of hydrogen-bond donors (Lipinski definition) is 1. The lowest BCUT2D eigenvalue weighted by atomic mass is 9.99. The van der Waals surface area contributed by atoms with Gasteiger partial charge in [-0.25, -0.2) is 4.98 Å². The molecule has 0 amide bonds. The van der Waals surface area contributed by atoms with Crippen LogP contribution in [0.4, 0.5) is 0 Å². The fourth-order valence-corrected chi connectivity index (χ4v) is 4.44. The van der Waals surface area contributed by atoms with E-state index in [1.54, 1.807) is 10.5 Å². The molecule has 1 aromatic heterocycles. The zero-order valence-corrected chi connectivity index (χ0v) is 13.3. The summed E-state index contributed by atoms with van der Waals surface area (Å²) in [5.74, 6) is 1.07. The SMILES string of the molecule is CCN(CC)S(=O)(=O)N1CCCC(c2ncc(C)[nH]2)C1. The molecule has 1 saturated heterocycles. The van der Waals surface area contributed by atoms with E-state index >= 15 is 0 Å². The van der Waals surface area contributed by atoms with Gasteiger partial charge < -0.3 is 4.98 Å². The normalized spacial score (nSPS) is 21.5. The molecule has 1 unspecified atom stereocenters. The molecule has 2 heterocycles. The van der Waals surface area contributed by atoms with Gasteiger partial charge in [0.2, 0.25) is 0 Å². The second-order valence-corrected chi connectivity index (χ2v) is 7.17.